The number of ether oxygens (including phenoxy) is 4. The fraction of sp³-hybridized carbons (Fsp3) is 0.429. The van der Waals surface area contributed by atoms with Crippen LogP contribution in [0.15, 0.2) is 46.2 Å². The molecule has 0 atom stereocenters. The van der Waals surface area contributed by atoms with Crippen LogP contribution >= 0.6 is 0 Å². The van der Waals surface area contributed by atoms with Crippen molar-refractivity contribution in [1.82, 2.24) is 0 Å². The van der Waals surface area contributed by atoms with Crippen LogP contribution in [-0.2, 0) is 39.2 Å². The van der Waals surface area contributed by atoms with E-state index < -0.39 is 65.0 Å². The second-order valence-electron chi connectivity index (χ2n) is 8.87. The summed E-state index contributed by atoms with van der Waals surface area (Å²) in [6.45, 7) is 7.66. The van der Waals surface area contributed by atoms with Crippen LogP contribution in [0.25, 0.3) is 0 Å². The molecule has 0 aliphatic heterocycles. The molecule has 2 aromatic rings. The van der Waals surface area contributed by atoms with Gasteiger partial charge in [-0.1, -0.05) is 27.7 Å². The molecule has 0 amide bonds. The molecule has 0 fully saturated rings. The summed E-state index contributed by atoms with van der Waals surface area (Å²) >= 11 is 0. The maximum absolute atomic E-state index is 11.8. The van der Waals surface area contributed by atoms with Crippen molar-refractivity contribution in [2.75, 3.05) is 26.4 Å². The van der Waals surface area contributed by atoms with E-state index in [9.17, 15) is 45.1 Å². The Morgan fingerprint density at radius 1 is 0.533 bits per heavy atom. The number of carbonyl (C=O) groups is 4. The predicted octanol–water partition coefficient (Wildman–Crippen LogP) is 3.07. The van der Waals surface area contributed by atoms with Gasteiger partial charge in [0.15, 0.2) is 0 Å². The van der Waals surface area contributed by atoms with Crippen LogP contribution in [-0.4, -0.2) is 114 Å². The zero-order chi connectivity index (χ0) is 33.5. The molecule has 0 heterocycles. The van der Waals surface area contributed by atoms with Crippen molar-refractivity contribution in [3.05, 3.63) is 58.7 Å². The van der Waals surface area contributed by atoms with Crippen LogP contribution in [0.1, 0.15) is 94.8 Å². The van der Waals surface area contributed by atoms with Gasteiger partial charge in [0.25, 0.3) is 0 Å². The summed E-state index contributed by atoms with van der Waals surface area (Å²) in [5, 5.41) is 0. The van der Waals surface area contributed by atoms with E-state index in [2.05, 4.69) is 0 Å². The molecular formula is C28H34CaO14S2. The maximum atomic E-state index is 11.8. The molecule has 0 saturated heterocycles. The van der Waals surface area contributed by atoms with Crippen molar-refractivity contribution in [1.29, 1.82) is 0 Å². The standard InChI is InChI=1S/2C14H18O7S.Ca/c2*1-3-7-20-13(15)10-5-6-11(14(16)21-8-4-2)12(9-10)22(17,18)19;/h2*5-6,9H,3-4,7-8H2,1-2H3,(H,17,18,19);/q;;+2/p-2. The monoisotopic (exact) mass is 698 g/mol. The maximum Gasteiger partial charge on any atom is 2.00 e. The Balaban J connectivity index is 0.000000842. The number of esters is 4. The molecule has 45 heavy (non-hydrogen) atoms. The minimum absolute atomic E-state index is 0. The summed E-state index contributed by atoms with van der Waals surface area (Å²) in [4.78, 5) is 45.4. The molecule has 14 nitrogen and oxygen atoms in total. The predicted molar refractivity (Wildman–Crippen MR) is 157 cm³/mol. The molecule has 2 rings (SSSR count). The Labute approximate surface area is 292 Å². The van der Waals surface area contributed by atoms with Crippen LogP contribution in [0.3, 0.4) is 0 Å². The molecule has 0 aliphatic carbocycles. The van der Waals surface area contributed by atoms with Crippen LogP contribution < -0.4 is 0 Å². The third-order valence-electron chi connectivity index (χ3n) is 5.16. The van der Waals surface area contributed by atoms with Crippen molar-refractivity contribution in [3.63, 3.8) is 0 Å². The van der Waals surface area contributed by atoms with Gasteiger partial charge in [-0.2, -0.15) is 0 Å². The zero-order valence-corrected chi connectivity index (χ0v) is 29.2. The first-order valence-electron chi connectivity index (χ1n) is 13.5. The molecule has 0 saturated carbocycles. The topological polar surface area (TPSA) is 220 Å². The van der Waals surface area contributed by atoms with Crippen LogP contribution in [0.4, 0.5) is 0 Å². The van der Waals surface area contributed by atoms with Gasteiger partial charge in [0.2, 0.25) is 0 Å². The van der Waals surface area contributed by atoms with Crippen molar-refractivity contribution in [2.45, 2.75) is 63.2 Å². The Morgan fingerprint density at radius 2 is 0.800 bits per heavy atom. The summed E-state index contributed by atoms with van der Waals surface area (Å²) in [6.07, 6.45) is 2.29. The second-order valence-corrected chi connectivity index (χ2v) is 11.6. The van der Waals surface area contributed by atoms with Gasteiger partial charge in [0.1, 0.15) is 20.2 Å². The van der Waals surface area contributed by atoms with Gasteiger partial charge < -0.3 is 28.1 Å². The van der Waals surface area contributed by atoms with E-state index in [1.54, 1.807) is 27.7 Å². The van der Waals surface area contributed by atoms with E-state index in [1.807, 2.05) is 0 Å². The average Bonchev–Trinajstić information content (AvgIpc) is 2.98. The average molecular weight is 699 g/mol. The van der Waals surface area contributed by atoms with E-state index in [-0.39, 0.29) is 75.3 Å². The van der Waals surface area contributed by atoms with Gasteiger partial charge in [-0.15, -0.1) is 0 Å². The van der Waals surface area contributed by atoms with Crippen molar-refractivity contribution in [3.8, 4) is 0 Å². The summed E-state index contributed by atoms with van der Waals surface area (Å²) in [5.41, 5.74) is -1.02. The third-order valence-corrected chi connectivity index (χ3v) is 6.92. The number of hydrogen-bond donors (Lipinski definition) is 0. The first kappa shape index (κ1) is 42.4. The Kier molecular flexibility index (Phi) is 19.3. The Morgan fingerprint density at radius 3 is 1.04 bits per heavy atom. The molecule has 244 valence electrons. The first-order chi connectivity index (χ1) is 20.6. The zero-order valence-electron chi connectivity index (χ0n) is 25.4. The molecule has 0 unspecified atom stereocenters. The van der Waals surface area contributed by atoms with Crippen LogP contribution in [0, 0.1) is 0 Å². The smallest absolute Gasteiger partial charge is 0.744 e. The van der Waals surface area contributed by atoms with Gasteiger partial charge in [-0.3, -0.25) is 0 Å². The van der Waals surface area contributed by atoms with Crippen molar-refractivity contribution in [2.24, 2.45) is 0 Å². The quantitative estimate of drug-likeness (QED) is 0.120. The van der Waals surface area contributed by atoms with E-state index in [1.165, 1.54) is 12.1 Å². The number of carbonyl (C=O) groups excluding carboxylic acids is 4. The van der Waals surface area contributed by atoms with Gasteiger partial charge in [-0.05, 0) is 62.1 Å². The first-order valence-corrected chi connectivity index (χ1v) is 16.3. The summed E-state index contributed by atoms with van der Waals surface area (Å²) in [6, 6.07) is 6.26. The summed E-state index contributed by atoms with van der Waals surface area (Å²) < 4.78 is 87.2. The SMILES string of the molecule is CCCOC(=O)c1ccc(C(=O)OCCC)c(S(=O)(=O)[O-])c1.CCCOC(=O)c1ccc(C(=O)OCCC)c(S(=O)(=O)[O-])c1.[Ca+2]. The summed E-state index contributed by atoms with van der Waals surface area (Å²) in [7, 11) is -9.88. The van der Waals surface area contributed by atoms with Crippen molar-refractivity contribution < 1.29 is 64.1 Å². The Hall–Kier alpha value is -2.60. The molecule has 0 aromatic heterocycles. The van der Waals surface area contributed by atoms with Gasteiger partial charge in [0.05, 0.1) is 58.5 Å². The van der Waals surface area contributed by atoms with Gasteiger partial charge in [0, 0.05) is 0 Å². The number of hydrogen-bond acceptors (Lipinski definition) is 14. The van der Waals surface area contributed by atoms with E-state index in [0.717, 1.165) is 24.3 Å². The van der Waals surface area contributed by atoms with E-state index in [0.29, 0.717) is 25.7 Å². The molecule has 2 aromatic carbocycles. The minimum atomic E-state index is -4.94. The molecule has 0 spiro atoms. The molecule has 0 aliphatic rings. The molecule has 0 bridgehead atoms. The number of benzene rings is 2. The fourth-order valence-corrected chi connectivity index (χ4v) is 4.53. The molecular weight excluding hydrogens is 665 g/mol. The van der Waals surface area contributed by atoms with Crippen LogP contribution in [0.2, 0.25) is 0 Å². The molecule has 0 radical (unpaired) electrons. The Bertz CT molecular complexity index is 1420. The van der Waals surface area contributed by atoms with Gasteiger partial charge in [-0.25, -0.2) is 36.0 Å². The second kappa shape index (κ2) is 20.5. The summed E-state index contributed by atoms with van der Waals surface area (Å²) in [5.74, 6) is -3.38. The van der Waals surface area contributed by atoms with Crippen molar-refractivity contribution >= 4 is 81.9 Å². The molecule has 0 N–H and O–H groups in total. The number of rotatable bonds is 14. The van der Waals surface area contributed by atoms with Crippen LogP contribution in [0.5, 0.6) is 0 Å². The van der Waals surface area contributed by atoms with E-state index in [4.69, 9.17) is 18.9 Å². The molecule has 17 heteroatoms. The van der Waals surface area contributed by atoms with Gasteiger partial charge >= 0.3 is 61.6 Å². The third kappa shape index (κ3) is 14.1. The normalized spacial score (nSPS) is 10.8. The van der Waals surface area contributed by atoms with E-state index >= 15 is 0 Å². The minimum Gasteiger partial charge on any atom is -0.744 e. The fourth-order valence-electron chi connectivity index (χ4n) is 3.15. The largest absolute Gasteiger partial charge is 2.00 e.